The van der Waals surface area contributed by atoms with E-state index in [0.29, 0.717) is 5.02 Å². The number of hydrogen-bond donors (Lipinski definition) is 2. The zero-order chi connectivity index (χ0) is 26.8. The Labute approximate surface area is 211 Å². The Balaban J connectivity index is 1.83. The standard InChI is InChI=1S/C25H26ClF2N3O5/c1-24(2,3)36-19(32)12-11-18(21(29)33)31-13-14-5-4-6-17(20(14)22(31)34)25(27,28)23(35)30-16-9-7-15(26)8-10-16/h4-10,18H,11-13H2,1-3H3,(H2,29,33)(H,30,35)/t18-/m1/s1. The predicted molar refractivity (Wildman–Crippen MR) is 128 cm³/mol. The summed E-state index contributed by atoms with van der Waals surface area (Å²) >= 11 is 5.78. The van der Waals surface area contributed by atoms with Gasteiger partial charge in [-0.25, -0.2) is 0 Å². The van der Waals surface area contributed by atoms with Crippen LogP contribution in [0, 0.1) is 0 Å². The monoisotopic (exact) mass is 521 g/mol. The fourth-order valence-corrected chi connectivity index (χ4v) is 3.99. The number of anilines is 1. The maximum atomic E-state index is 15.3. The molecule has 3 rings (SSSR count). The van der Waals surface area contributed by atoms with Crippen LogP contribution < -0.4 is 11.1 Å². The first kappa shape index (κ1) is 27.1. The molecule has 0 aliphatic carbocycles. The van der Waals surface area contributed by atoms with E-state index in [-0.39, 0.29) is 36.2 Å². The van der Waals surface area contributed by atoms with E-state index in [1.807, 2.05) is 0 Å². The van der Waals surface area contributed by atoms with Crippen molar-refractivity contribution in [2.45, 2.75) is 57.7 Å². The smallest absolute Gasteiger partial charge is 0.350 e. The molecule has 1 aliphatic rings. The molecule has 1 heterocycles. The minimum atomic E-state index is -4.07. The second kappa shape index (κ2) is 10.2. The van der Waals surface area contributed by atoms with Crippen LogP contribution >= 0.6 is 11.6 Å². The fourth-order valence-electron chi connectivity index (χ4n) is 3.86. The van der Waals surface area contributed by atoms with E-state index in [1.165, 1.54) is 36.4 Å². The lowest BCUT2D eigenvalue weighted by atomic mass is 9.97. The Morgan fingerprint density at radius 1 is 1.14 bits per heavy atom. The number of carbonyl (C=O) groups excluding carboxylic acids is 4. The van der Waals surface area contributed by atoms with E-state index in [4.69, 9.17) is 22.1 Å². The fraction of sp³-hybridized carbons (Fsp3) is 0.360. The average molecular weight is 522 g/mol. The van der Waals surface area contributed by atoms with Crippen molar-refractivity contribution in [3.63, 3.8) is 0 Å². The quantitative estimate of drug-likeness (QED) is 0.509. The van der Waals surface area contributed by atoms with Crippen LogP contribution in [0.3, 0.4) is 0 Å². The summed E-state index contributed by atoms with van der Waals surface area (Å²) in [5.74, 6) is -8.08. The van der Waals surface area contributed by atoms with Gasteiger partial charge in [-0.3, -0.25) is 19.2 Å². The zero-order valence-electron chi connectivity index (χ0n) is 19.9. The summed E-state index contributed by atoms with van der Waals surface area (Å²) in [6, 6.07) is 8.09. The normalized spacial score (nSPS) is 14.3. The molecule has 0 saturated carbocycles. The van der Waals surface area contributed by atoms with Gasteiger partial charge in [0.05, 0.1) is 5.56 Å². The molecule has 0 radical (unpaired) electrons. The molecule has 3 N–H and O–H groups in total. The van der Waals surface area contributed by atoms with Gasteiger partial charge in [0.1, 0.15) is 11.6 Å². The molecule has 0 saturated heterocycles. The van der Waals surface area contributed by atoms with Gasteiger partial charge < -0.3 is 20.7 Å². The first-order valence-electron chi connectivity index (χ1n) is 11.1. The second-order valence-electron chi connectivity index (χ2n) is 9.35. The van der Waals surface area contributed by atoms with E-state index >= 15 is 8.78 Å². The van der Waals surface area contributed by atoms with Gasteiger partial charge in [-0.05, 0) is 57.0 Å². The van der Waals surface area contributed by atoms with E-state index in [9.17, 15) is 19.2 Å². The number of primary amides is 1. The van der Waals surface area contributed by atoms with Crippen LogP contribution in [-0.4, -0.2) is 40.2 Å². The molecule has 2 aromatic rings. The van der Waals surface area contributed by atoms with Crippen LogP contribution in [0.15, 0.2) is 42.5 Å². The largest absolute Gasteiger partial charge is 0.460 e. The van der Waals surface area contributed by atoms with Crippen LogP contribution in [0.4, 0.5) is 14.5 Å². The zero-order valence-corrected chi connectivity index (χ0v) is 20.7. The first-order chi connectivity index (χ1) is 16.7. The SMILES string of the molecule is CC(C)(C)OC(=O)CC[C@H](C(N)=O)N1Cc2cccc(C(F)(F)C(=O)Nc3ccc(Cl)cc3)c2C1=O. The van der Waals surface area contributed by atoms with Gasteiger partial charge in [0, 0.05) is 29.2 Å². The summed E-state index contributed by atoms with van der Waals surface area (Å²) < 4.78 is 35.8. The van der Waals surface area contributed by atoms with E-state index < -0.39 is 46.8 Å². The third-order valence-electron chi connectivity index (χ3n) is 5.44. The van der Waals surface area contributed by atoms with Crippen LogP contribution in [0.1, 0.15) is 55.1 Å². The Hall–Kier alpha value is -3.53. The molecule has 0 unspecified atom stereocenters. The molecule has 8 nitrogen and oxygen atoms in total. The molecule has 2 aromatic carbocycles. The third kappa shape index (κ3) is 5.99. The Morgan fingerprint density at radius 3 is 2.36 bits per heavy atom. The van der Waals surface area contributed by atoms with Crippen molar-refractivity contribution in [2.75, 3.05) is 5.32 Å². The van der Waals surface area contributed by atoms with Gasteiger partial charge >= 0.3 is 11.9 Å². The van der Waals surface area contributed by atoms with Gasteiger partial charge in [0.25, 0.3) is 11.8 Å². The van der Waals surface area contributed by atoms with Crippen molar-refractivity contribution in [3.05, 3.63) is 64.2 Å². The summed E-state index contributed by atoms with van der Waals surface area (Å²) in [6.45, 7) is 4.87. The number of nitrogens with zero attached hydrogens (tertiary/aromatic N) is 1. The second-order valence-corrected chi connectivity index (χ2v) is 9.79. The number of halogens is 3. The Bertz CT molecular complexity index is 1200. The maximum Gasteiger partial charge on any atom is 0.350 e. The first-order valence-corrected chi connectivity index (χ1v) is 11.5. The highest BCUT2D eigenvalue weighted by atomic mass is 35.5. The van der Waals surface area contributed by atoms with Gasteiger partial charge in [-0.15, -0.1) is 0 Å². The van der Waals surface area contributed by atoms with Gasteiger partial charge in [-0.1, -0.05) is 29.8 Å². The summed E-state index contributed by atoms with van der Waals surface area (Å²) in [5.41, 5.74) is 3.88. The predicted octanol–water partition coefficient (Wildman–Crippen LogP) is 4.00. The number of nitrogens with one attached hydrogen (secondary N) is 1. The lowest BCUT2D eigenvalue weighted by Crippen LogP contribution is -2.45. The van der Waals surface area contributed by atoms with E-state index in [2.05, 4.69) is 5.32 Å². The lowest BCUT2D eigenvalue weighted by molar-refractivity contribution is -0.155. The Kier molecular flexibility index (Phi) is 7.68. The molecule has 192 valence electrons. The van der Waals surface area contributed by atoms with Crippen molar-refractivity contribution < 1.29 is 32.7 Å². The number of nitrogens with two attached hydrogens (primary N) is 1. The molecule has 1 aliphatic heterocycles. The van der Waals surface area contributed by atoms with Crippen molar-refractivity contribution in [3.8, 4) is 0 Å². The minimum absolute atomic E-state index is 0.0977. The molecule has 0 fully saturated rings. The van der Waals surface area contributed by atoms with Gasteiger partial charge in [-0.2, -0.15) is 8.78 Å². The highest BCUT2D eigenvalue weighted by Gasteiger charge is 2.47. The molecule has 0 bridgehead atoms. The summed E-state index contributed by atoms with van der Waals surface area (Å²) in [4.78, 5) is 51.0. The number of fused-ring (bicyclic) bond motifs is 1. The van der Waals surface area contributed by atoms with Crippen molar-refractivity contribution >= 4 is 41.0 Å². The number of esters is 1. The lowest BCUT2D eigenvalue weighted by Gasteiger charge is -2.26. The van der Waals surface area contributed by atoms with Crippen LogP contribution in [0.25, 0.3) is 0 Å². The van der Waals surface area contributed by atoms with Crippen LogP contribution in [0.2, 0.25) is 5.02 Å². The van der Waals surface area contributed by atoms with E-state index in [0.717, 1.165) is 11.0 Å². The summed E-state index contributed by atoms with van der Waals surface area (Å²) in [6.07, 6.45) is -0.357. The Morgan fingerprint density at radius 2 is 1.78 bits per heavy atom. The van der Waals surface area contributed by atoms with Crippen molar-refractivity contribution in [2.24, 2.45) is 5.73 Å². The van der Waals surface area contributed by atoms with E-state index in [1.54, 1.807) is 20.8 Å². The third-order valence-corrected chi connectivity index (χ3v) is 5.69. The van der Waals surface area contributed by atoms with Crippen LogP contribution in [-0.2, 0) is 31.6 Å². The van der Waals surface area contributed by atoms with Crippen molar-refractivity contribution in [1.82, 2.24) is 4.90 Å². The number of ether oxygens (including phenoxy) is 1. The minimum Gasteiger partial charge on any atom is -0.460 e. The average Bonchev–Trinajstić information content (AvgIpc) is 3.10. The number of alkyl halides is 2. The van der Waals surface area contributed by atoms with Gasteiger partial charge in [0.15, 0.2) is 0 Å². The number of hydrogen-bond acceptors (Lipinski definition) is 5. The molecule has 0 aromatic heterocycles. The van der Waals surface area contributed by atoms with Gasteiger partial charge in [0.2, 0.25) is 5.91 Å². The summed E-state index contributed by atoms with van der Waals surface area (Å²) in [5, 5.41) is 2.48. The molecule has 11 heteroatoms. The highest BCUT2D eigenvalue weighted by molar-refractivity contribution is 6.30. The topological polar surface area (TPSA) is 119 Å². The number of benzene rings is 2. The molecule has 3 amide bonds. The molecule has 1 atom stereocenters. The maximum absolute atomic E-state index is 15.3. The number of carbonyl (C=O) groups is 4. The number of amides is 3. The summed E-state index contributed by atoms with van der Waals surface area (Å²) in [7, 11) is 0. The molecule has 36 heavy (non-hydrogen) atoms. The molecule has 0 spiro atoms. The highest BCUT2D eigenvalue weighted by Crippen LogP contribution is 2.38. The number of rotatable bonds is 8. The molecular formula is C25H26ClF2N3O5. The van der Waals surface area contributed by atoms with Crippen molar-refractivity contribution in [1.29, 1.82) is 0 Å². The molecular weight excluding hydrogens is 496 g/mol. The van der Waals surface area contributed by atoms with Crippen LogP contribution in [0.5, 0.6) is 0 Å².